The van der Waals surface area contributed by atoms with Crippen molar-refractivity contribution in [3.8, 4) is 11.1 Å². The summed E-state index contributed by atoms with van der Waals surface area (Å²) in [6.45, 7) is 6.24. The van der Waals surface area contributed by atoms with E-state index in [2.05, 4.69) is 35.8 Å². The minimum absolute atomic E-state index is 0.0641. The number of hydrogen-bond donors (Lipinski definition) is 3. The van der Waals surface area contributed by atoms with Gasteiger partial charge in [-0.1, -0.05) is 63.2 Å². The molecule has 0 saturated heterocycles. The Hall–Kier alpha value is -3.58. The molecule has 0 aliphatic rings. The molecule has 0 spiro atoms. The fraction of sp³-hybridized carbons (Fsp3) is 0.192. The van der Waals surface area contributed by atoms with Gasteiger partial charge < -0.3 is 10.3 Å². The normalized spacial score (nSPS) is 12.0. The average Bonchev–Trinajstić information content (AvgIpc) is 3.17. The zero-order valence-corrected chi connectivity index (χ0v) is 19.9. The van der Waals surface area contributed by atoms with Crippen LogP contribution >= 0.6 is 0 Å². The smallest absolute Gasteiger partial charge is 0.268 e. The number of carbonyl (C=O) groups excluding carboxylic acids is 1. The number of fused-ring (bicyclic) bond motifs is 1. The molecule has 170 valence electrons. The van der Waals surface area contributed by atoms with Crippen molar-refractivity contribution in [2.75, 3.05) is 11.8 Å². The zero-order valence-electron chi connectivity index (χ0n) is 19.1. The monoisotopic (exact) mass is 461 g/mol. The lowest BCUT2D eigenvalue weighted by atomic mass is 9.87. The third-order valence-corrected chi connectivity index (χ3v) is 7.00. The van der Waals surface area contributed by atoms with Gasteiger partial charge in [0.15, 0.2) is 0 Å². The van der Waals surface area contributed by atoms with Gasteiger partial charge in [0.25, 0.3) is 15.9 Å². The highest BCUT2D eigenvalue weighted by molar-refractivity contribution is 7.92. The first-order valence-electron chi connectivity index (χ1n) is 10.7. The summed E-state index contributed by atoms with van der Waals surface area (Å²) in [5.41, 5.74) is 4.17. The highest BCUT2D eigenvalue weighted by Crippen LogP contribution is 2.34. The first-order chi connectivity index (χ1) is 15.6. The number of rotatable bonds is 5. The molecule has 0 bridgehead atoms. The first kappa shape index (κ1) is 22.6. The number of anilines is 1. The maximum atomic E-state index is 13.0. The Balaban J connectivity index is 1.76. The van der Waals surface area contributed by atoms with Crippen molar-refractivity contribution in [1.29, 1.82) is 0 Å². The molecule has 0 aliphatic heterocycles. The molecule has 7 heteroatoms. The van der Waals surface area contributed by atoms with Crippen LogP contribution in [0, 0.1) is 0 Å². The number of aromatic nitrogens is 1. The molecule has 4 rings (SSSR count). The number of H-pyrrole nitrogens is 1. The van der Waals surface area contributed by atoms with Crippen molar-refractivity contribution in [2.24, 2.45) is 0 Å². The second kappa shape index (κ2) is 8.41. The number of sulfonamides is 1. The molecule has 6 nitrogen and oxygen atoms in total. The van der Waals surface area contributed by atoms with E-state index >= 15 is 0 Å². The van der Waals surface area contributed by atoms with E-state index in [0.717, 1.165) is 27.6 Å². The minimum Gasteiger partial charge on any atom is -0.354 e. The predicted octanol–water partition coefficient (Wildman–Crippen LogP) is 5.29. The van der Waals surface area contributed by atoms with Crippen LogP contribution < -0.4 is 10.0 Å². The summed E-state index contributed by atoms with van der Waals surface area (Å²) in [7, 11) is -2.20. The Kier molecular flexibility index (Phi) is 5.76. The Morgan fingerprint density at radius 2 is 1.58 bits per heavy atom. The van der Waals surface area contributed by atoms with Crippen LogP contribution in [0.4, 0.5) is 5.69 Å². The molecule has 1 amide bonds. The summed E-state index contributed by atoms with van der Waals surface area (Å²) in [6, 6.07) is 21.7. The summed E-state index contributed by atoms with van der Waals surface area (Å²) in [4.78, 5) is 15.9. The van der Waals surface area contributed by atoms with E-state index in [1.165, 1.54) is 0 Å². The van der Waals surface area contributed by atoms with E-state index < -0.39 is 10.0 Å². The number of amides is 1. The Labute approximate surface area is 194 Å². The third-order valence-electron chi connectivity index (χ3n) is 5.60. The molecule has 1 heterocycles. The number of nitrogens with one attached hydrogen (secondary N) is 3. The zero-order chi connectivity index (χ0) is 23.8. The van der Waals surface area contributed by atoms with Gasteiger partial charge in [0, 0.05) is 29.2 Å². The van der Waals surface area contributed by atoms with Gasteiger partial charge in [-0.3, -0.25) is 9.52 Å². The van der Waals surface area contributed by atoms with Crippen LogP contribution in [0.25, 0.3) is 22.0 Å². The summed E-state index contributed by atoms with van der Waals surface area (Å²) in [5.74, 6) is -0.244. The number of hydrogen-bond acceptors (Lipinski definition) is 3. The van der Waals surface area contributed by atoms with Crippen molar-refractivity contribution in [2.45, 2.75) is 31.1 Å². The van der Waals surface area contributed by atoms with Crippen LogP contribution in [0.2, 0.25) is 0 Å². The fourth-order valence-corrected chi connectivity index (χ4v) is 4.85. The lowest BCUT2D eigenvalue weighted by molar-refractivity contribution is 0.0959. The number of carbonyl (C=O) groups is 1. The van der Waals surface area contributed by atoms with Gasteiger partial charge in [0.2, 0.25) is 0 Å². The summed E-state index contributed by atoms with van der Waals surface area (Å²) in [5, 5.41) is 3.41. The number of aromatic amines is 1. The lowest BCUT2D eigenvalue weighted by Gasteiger charge is -2.19. The van der Waals surface area contributed by atoms with Crippen molar-refractivity contribution in [3.63, 3.8) is 0 Å². The van der Waals surface area contributed by atoms with Crippen LogP contribution in [0.15, 0.2) is 77.7 Å². The standard InChI is InChI=1S/C26H27N3O3S/c1-26(2,3)18-10-13-20(14-11-18)33(31,32)29-19-12-15-22-21(16-19)23(17-8-6-5-7-9-17)24(28-22)25(30)27-4/h5-16,28-29H,1-4H3,(H,27,30). The molecule has 0 fully saturated rings. The van der Waals surface area contributed by atoms with E-state index in [0.29, 0.717) is 11.4 Å². The molecule has 3 aromatic carbocycles. The maximum Gasteiger partial charge on any atom is 0.268 e. The molecule has 0 unspecified atom stereocenters. The van der Waals surface area contributed by atoms with Crippen LogP contribution in [0.5, 0.6) is 0 Å². The van der Waals surface area contributed by atoms with E-state index in [1.807, 2.05) is 42.5 Å². The quantitative estimate of drug-likeness (QED) is 0.377. The molecule has 3 N–H and O–H groups in total. The first-order valence-corrected chi connectivity index (χ1v) is 12.1. The van der Waals surface area contributed by atoms with Gasteiger partial charge in [0.05, 0.1) is 4.90 Å². The van der Waals surface area contributed by atoms with Crippen LogP contribution in [-0.4, -0.2) is 26.4 Å². The second-order valence-electron chi connectivity index (χ2n) is 8.96. The van der Waals surface area contributed by atoms with E-state index in [4.69, 9.17) is 0 Å². The van der Waals surface area contributed by atoms with Crippen molar-refractivity contribution in [1.82, 2.24) is 10.3 Å². The molecule has 0 aliphatic carbocycles. The molecule has 0 radical (unpaired) electrons. The topological polar surface area (TPSA) is 91.1 Å². The van der Waals surface area contributed by atoms with E-state index in [9.17, 15) is 13.2 Å². The van der Waals surface area contributed by atoms with Crippen LogP contribution in [0.3, 0.4) is 0 Å². The SMILES string of the molecule is CNC(=O)c1[nH]c2ccc(NS(=O)(=O)c3ccc(C(C)(C)C)cc3)cc2c1-c1ccccc1. The molecule has 0 atom stereocenters. The molecular formula is C26H27N3O3S. The highest BCUT2D eigenvalue weighted by Gasteiger charge is 2.21. The minimum atomic E-state index is -3.78. The molecule has 0 saturated carbocycles. The largest absolute Gasteiger partial charge is 0.354 e. The summed E-state index contributed by atoms with van der Waals surface area (Å²) < 4.78 is 28.7. The van der Waals surface area contributed by atoms with Gasteiger partial charge in [-0.2, -0.15) is 0 Å². The second-order valence-corrected chi connectivity index (χ2v) is 10.6. The van der Waals surface area contributed by atoms with E-state index in [-0.39, 0.29) is 16.2 Å². The molecular weight excluding hydrogens is 434 g/mol. The average molecular weight is 462 g/mol. The fourth-order valence-electron chi connectivity index (χ4n) is 3.80. The van der Waals surface area contributed by atoms with Gasteiger partial charge >= 0.3 is 0 Å². The van der Waals surface area contributed by atoms with Gasteiger partial charge in [0.1, 0.15) is 5.69 Å². The molecule has 33 heavy (non-hydrogen) atoms. The van der Waals surface area contributed by atoms with Gasteiger partial charge in [-0.05, 0) is 46.9 Å². The lowest BCUT2D eigenvalue weighted by Crippen LogP contribution is -2.18. The highest BCUT2D eigenvalue weighted by atomic mass is 32.2. The van der Waals surface area contributed by atoms with Crippen molar-refractivity contribution < 1.29 is 13.2 Å². The Morgan fingerprint density at radius 3 is 2.18 bits per heavy atom. The Morgan fingerprint density at radius 1 is 0.909 bits per heavy atom. The van der Waals surface area contributed by atoms with Gasteiger partial charge in [-0.25, -0.2) is 8.42 Å². The third kappa shape index (κ3) is 4.50. The van der Waals surface area contributed by atoms with Crippen molar-refractivity contribution >= 4 is 32.5 Å². The maximum absolute atomic E-state index is 13.0. The van der Waals surface area contributed by atoms with Crippen LogP contribution in [-0.2, 0) is 15.4 Å². The summed E-state index contributed by atoms with van der Waals surface area (Å²) >= 11 is 0. The van der Waals surface area contributed by atoms with E-state index in [1.54, 1.807) is 37.4 Å². The number of benzene rings is 3. The summed E-state index contributed by atoms with van der Waals surface area (Å²) in [6.07, 6.45) is 0. The van der Waals surface area contributed by atoms with Crippen LogP contribution in [0.1, 0.15) is 36.8 Å². The van der Waals surface area contributed by atoms with Gasteiger partial charge in [-0.15, -0.1) is 0 Å². The molecule has 4 aromatic rings. The predicted molar refractivity (Wildman–Crippen MR) is 133 cm³/mol. The Bertz CT molecular complexity index is 1420. The van der Waals surface area contributed by atoms with Crippen molar-refractivity contribution in [3.05, 3.63) is 84.1 Å². The molecule has 1 aromatic heterocycles.